The molecule has 1 aliphatic rings. The summed E-state index contributed by atoms with van der Waals surface area (Å²) in [4.78, 5) is 14.6. The highest BCUT2D eigenvalue weighted by Gasteiger charge is 2.36. The van der Waals surface area contributed by atoms with Gasteiger partial charge in [-0.15, -0.1) is 0 Å². The molecule has 7 nitrogen and oxygen atoms in total. The molecule has 0 unspecified atom stereocenters. The number of nitrogens with zero attached hydrogens (tertiary/aromatic N) is 3. The van der Waals surface area contributed by atoms with Gasteiger partial charge in [-0.1, -0.05) is 60.7 Å². The predicted octanol–water partition coefficient (Wildman–Crippen LogP) is 3.82. The van der Waals surface area contributed by atoms with Crippen LogP contribution < -0.4 is 4.72 Å². The number of aryl methyl sites for hydroxylation is 1. The van der Waals surface area contributed by atoms with Crippen LogP contribution in [0.3, 0.4) is 0 Å². The van der Waals surface area contributed by atoms with Crippen molar-refractivity contribution in [3.05, 3.63) is 101 Å². The lowest BCUT2D eigenvalue weighted by molar-refractivity contribution is 0.0705. The first kappa shape index (κ1) is 23.2. The number of rotatable bonds is 6. The number of carbonyl (C=O) groups is 1. The van der Waals surface area contributed by atoms with Gasteiger partial charge in [0.25, 0.3) is 5.91 Å². The maximum Gasteiger partial charge on any atom is 0.267 e. The van der Waals surface area contributed by atoms with Gasteiger partial charge >= 0.3 is 0 Å². The fourth-order valence-corrected chi connectivity index (χ4v) is 5.17. The minimum Gasteiger partial charge on any atom is -0.288 e. The van der Waals surface area contributed by atoms with E-state index in [2.05, 4.69) is 34.3 Å². The fourth-order valence-electron chi connectivity index (χ4n) is 4.73. The topological polar surface area (TPSA) is 84.3 Å². The molecular formula is C26H25FN4O3S. The molecule has 1 amide bonds. The number of hydrogen-bond acceptors (Lipinski definition) is 5. The second kappa shape index (κ2) is 8.90. The van der Waals surface area contributed by atoms with Crippen LogP contribution in [-0.4, -0.2) is 48.4 Å². The molecule has 0 spiro atoms. The molecule has 0 aliphatic carbocycles. The van der Waals surface area contributed by atoms with Gasteiger partial charge in [0.1, 0.15) is 5.82 Å². The Morgan fingerprint density at radius 2 is 1.60 bits per heavy atom. The molecule has 9 heteroatoms. The summed E-state index contributed by atoms with van der Waals surface area (Å²) in [5.74, 6) is -1.79. The average molecular weight is 493 g/mol. The van der Waals surface area contributed by atoms with Gasteiger partial charge in [-0.3, -0.25) is 14.4 Å². The summed E-state index contributed by atoms with van der Waals surface area (Å²) < 4.78 is 41.3. The predicted molar refractivity (Wildman–Crippen MR) is 132 cm³/mol. The SMILES string of the molecule is Cc1nn(C2CN(C(c3ccccc3)c3ccccc3)C2)c2cc(F)c(C(=O)NS(C)(=O)=O)cc12. The number of carbonyl (C=O) groups excluding carboxylic acids is 1. The number of amides is 1. The van der Waals surface area contributed by atoms with Gasteiger partial charge in [-0.2, -0.15) is 5.10 Å². The molecule has 5 rings (SSSR count). The summed E-state index contributed by atoms with van der Waals surface area (Å²) in [7, 11) is -3.81. The lowest BCUT2D eigenvalue weighted by Gasteiger charge is -2.45. The van der Waals surface area contributed by atoms with Crippen LogP contribution in [0.2, 0.25) is 0 Å². The van der Waals surface area contributed by atoms with E-state index in [1.807, 2.05) is 45.8 Å². The van der Waals surface area contributed by atoms with Crippen molar-refractivity contribution < 1.29 is 17.6 Å². The van der Waals surface area contributed by atoms with Crippen LogP contribution in [0, 0.1) is 12.7 Å². The molecule has 1 saturated heterocycles. The lowest BCUT2D eigenvalue weighted by Crippen LogP contribution is -2.49. The largest absolute Gasteiger partial charge is 0.288 e. The minimum absolute atomic E-state index is 0.0382. The number of halogens is 1. The molecule has 3 aromatic carbocycles. The number of sulfonamides is 1. The monoisotopic (exact) mass is 492 g/mol. The van der Waals surface area contributed by atoms with E-state index < -0.39 is 21.7 Å². The van der Waals surface area contributed by atoms with Crippen molar-refractivity contribution in [3.63, 3.8) is 0 Å². The Morgan fingerprint density at radius 3 is 2.14 bits per heavy atom. The van der Waals surface area contributed by atoms with Crippen LogP contribution in [0.15, 0.2) is 72.8 Å². The van der Waals surface area contributed by atoms with E-state index in [1.54, 1.807) is 6.92 Å². The summed E-state index contributed by atoms with van der Waals surface area (Å²) in [6.07, 6.45) is 0.852. The molecule has 0 radical (unpaired) electrons. The Hall–Kier alpha value is -3.56. The van der Waals surface area contributed by atoms with E-state index in [1.165, 1.54) is 23.3 Å². The van der Waals surface area contributed by atoms with Gasteiger partial charge in [-0.25, -0.2) is 17.5 Å². The van der Waals surface area contributed by atoms with Crippen molar-refractivity contribution in [2.45, 2.75) is 19.0 Å². The maximum absolute atomic E-state index is 14.9. The zero-order valence-electron chi connectivity index (χ0n) is 19.3. The Labute approximate surface area is 203 Å². The quantitative estimate of drug-likeness (QED) is 0.442. The van der Waals surface area contributed by atoms with Crippen molar-refractivity contribution in [1.29, 1.82) is 0 Å². The van der Waals surface area contributed by atoms with Crippen LogP contribution in [0.5, 0.6) is 0 Å². The second-order valence-corrected chi connectivity index (χ2v) is 10.7. The van der Waals surface area contributed by atoms with E-state index in [0.29, 0.717) is 16.6 Å². The van der Waals surface area contributed by atoms with Crippen molar-refractivity contribution in [2.24, 2.45) is 0 Å². The van der Waals surface area contributed by atoms with Crippen molar-refractivity contribution in [2.75, 3.05) is 19.3 Å². The smallest absolute Gasteiger partial charge is 0.267 e. The zero-order valence-corrected chi connectivity index (χ0v) is 20.2. The van der Waals surface area contributed by atoms with Crippen LogP contribution >= 0.6 is 0 Å². The van der Waals surface area contributed by atoms with Gasteiger partial charge in [0.2, 0.25) is 10.0 Å². The summed E-state index contributed by atoms with van der Waals surface area (Å²) >= 11 is 0. The molecule has 180 valence electrons. The number of hydrogen-bond donors (Lipinski definition) is 1. The van der Waals surface area contributed by atoms with Crippen LogP contribution in [0.4, 0.5) is 4.39 Å². The van der Waals surface area contributed by atoms with E-state index in [4.69, 9.17) is 0 Å². The normalized spacial score (nSPS) is 14.9. The van der Waals surface area contributed by atoms with Gasteiger partial charge in [0.15, 0.2) is 0 Å². The number of aromatic nitrogens is 2. The zero-order chi connectivity index (χ0) is 24.7. The molecule has 0 atom stereocenters. The van der Waals surface area contributed by atoms with Gasteiger partial charge in [-0.05, 0) is 24.1 Å². The summed E-state index contributed by atoms with van der Waals surface area (Å²) in [6.45, 7) is 3.24. The van der Waals surface area contributed by atoms with E-state index in [9.17, 15) is 17.6 Å². The van der Waals surface area contributed by atoms with Gasteiger partial charge in [0.05, 0.1) is 35.1 Å². The number of benzene rings is 3. The molecule has 4 aromatic rings. The molecule has 1 aromatic heterocycles. The van der Waals surface area contributed by atoms with Gasteiger partial charge in [0, 0.05) is 24.5 Å². The molecule has 0 saturated carbocycles. The maximum atomic E-state index is 14.9. The molecule has 1 fully saturated rings. The summed E-state index contributed by atoms with van der Waals surface area (Å²) in [6, 6.07) is 23.4. The third kappa shape index (κ3) is 4.56. The van der Waals surface area contributed by atoms with Crippen LogP contribution in [-0.2, 0) is 10.0 Å². The number of likely N-dealkylation sites (tertiary alicyclic amines) is 1. The van der Waals surface area contributed by atoms with Crippen molar-refractivity contribution in [3.8, 4) is 0 Å². The third-order valence-electron chi connectivity index (χ3n) is 6.33. The van der Waals surface area contributed by atoms with Crippen molar-refractivity contribution in [1.82, 2.24) is 19.4 Å². The lowest BCUT2D eigenvalue weighted by atomic mass is 9.93. The van der Waals surface area contributed by atoms with E-state index in [-0.39, 0.29) is 17.6 Å². The first-order chi connectivity index (χ1) is 16.7. The Balaban J connectivity index is 1.43. The van der Waals surface area contributed by atoms with Gasteiger partial charge < -0.3 is 0 Å². The summed E-state index contributed by atoms with van der Waals surface area (Å²) in [5, 5.41) is 5.26. The standard InChI is InChI=1S/C26H25FN4O3S/c1-17-21-13-22(26(32)29-35(2,33)34)23(27)14-24(21)31(28-17)20-15-30(16-20)25(18-9-5-3-6-10-18)19-11-7-4-8-12-19/h3-14,20,25H,15-16H2,1-2H3,(H,29,32). The van der Waals surface area contributed by atoms with E-state index >= 15 is 0 Å². The fraction of sp³-hybridized carbons (Fsp3) is 0.231. The molecule has 1 aliphatic heterocycles. The molecule has 35 heavy (non-hydrogen) atoms. The minimum atomic E-state index is -3.81. The van der Waals surface area contributed by atoms with E-state index in [0.717, 1.165) is 19.3 Å². The second-order valence-electron chi connectivity index (χ2n) is 8.91. The third-order valence-corrected chi connectivity index (χ3v) is 6.89. The highest BCUT2D eigenvalue weighted by Crippen LogP contribution is 2.37. The first-order valence-electron chi connectivity index (χ1n) is 11.3. The van der Waals surface area contributed by atoms with Crippen molar-refractivity contribution >= 4 is 26.8 Å². The Morgan fingerprint density at radius 1 is 1.03 bits per heavy atom. The Bertz CT molecular complexity index is 1460. The highest BCUT2D eigenvalue weighted by atomic mass is 32.2. The van der Waals surface area contributed by atoms with Crippen LogP contribution in [0.1, 0.15) is 39.3 Å². The van der Waals surface area contributed by atoms with Crippen LogP contribution in [0.25, 0.3) is 10.9 Å². The highest BCUT2D eigenvalue weighted by molar-refractivity contribution is 7.89. The summed E-state index contributed by atoms with van der Waals surface area (Å²) in [5.41, 5.74) is 3.30. The number of fused-ring (bicyclic) bond motifs is 1. The molecular weight excluding hydrogens is 467 g/mol. The first-order valence-corrected chi connectivity index (χ1v) is 13.1. The average Bonchev–Trinajstić information content (AvgIpc) is 3.10. The number of nitrogens with one attached hydrogen (secondary N) is 1. The molecule has 0 bridgehead atoms. The molecule has 1 N–H and O–H groups in total. The molecule has 2 heterocycles. The Kier molecular flexibility index (Phi) is 5.90.